The second-order valence-corrected chi connectivity index (χ2v) is 5.91. The second-order valence-electron chi connectivity index (χ2n) is 3.67. The molecule has 0 aromatic carbocycles. The highest BCUT2D eigenvalue weighted by molar-refractivity contribution is 8.15. The number of hydrogen-bond acceptors (Lipinski definition) is 3. The summed E-state index contributed by atoms with van der Waals surface area (Å²) in [5, 5.41) is 1.05. The van der Waals surface area contributed by atoms with E-state index >= 15 is 0 Å². The molecule has 4 heteroatoms. The van der Waals surface area contributed by atoms with E-state index in [9.17, 15) is 0 Å². The van der Waals surface area contributed by atoms with E-state index in [1.54, 1.807) is 0 Å². The van der Waals surface area contributed by atoms with Crippen molar-refractivity contribution in [1.29, 1.82) is 0 Å². The molecule has 1 saturated carbocycles. The highest BCUT2D eigenvalue weighted by Gasteiger charge is 2.27. The molecule has 0 spiro atoms. The van der Waals surface area contributed by atoms with Gasteiger partial charge in [-0.2, -0.15) is 0 Å². The van der Waals surface area contributed by atoms with Crippen LogP contribution in [-0.4, -0.2) is 22.5 Å². The third-order valence-corrected chi connectivity index (χ3v) is 3.37. The molecule has 13 heavy (non-hydrogen) atoms. The summed E-state index contributed by atoms with van der Waals surface area (Å²) in [6, 6.07) is 0. The summed E-state index contributed by atoms with van der Waals surface area (Å²) in [5.74, 6) is 1.25. The molecule has 0 unspecified atom stereocenters. The van der Waals surface area contributed by atoms with E-state index < -0.39 is 0 Å². The summed E-state index contributed by atoms with van der Waals surface area (Å²) >= 11 is 0. The minimum atomic E-state index is -0.177. The minimum absolute atomic E-state index is 0.177. The molecule has 72 valence electrons. The number of rotatable bonds is 2. The van der Waals surface area contributed by atoms with Crippen molar-refractivity contribution in [2.45, 2.75) is 23.8 Å². The third kappa shape index (κ3) is 1.77. The highest BCUT2D eigenvalue weighted by Crippen LogP contribution is 2.41. The fourth-order valence-electron chi connectivity index (χ4n) is 1.29. The lowest BCUT2D eigenvalue weighted by molar-refractivity contribution is 0.949. The molecule has 0 aliphatic heterocycles. The topological polar surface area (TPSA) is 51.8 Å². The van der Waals surface area contributed by atoms with Crippen LogP contribution in [0.1, 0.15) is 24.5 Å². The van der Waals surface area contributed by atoms with Gasteiger partial charge in [0.2, 0.25) is 0 Å². The molecule has 1 fully saturated rings. The Labute approximate surface area is 81.1 Å². The molecule has 3 nitrogen and oxygen atoms in total. The molecule has 0 atom stereocenters. The second kappa shape index (κ2) is 3.18. The van der Waals surface area contributed by atoms with Crippen LogP contribution in [0.5, 0.6) is 0 Å². The average Bonchev–Trinajstić information content (AvgIpc) is 2.87. The lowest BCUT2D eigenvalue weighted by Gasteiger charge is -2.10. The molecule has 0 amide bonds. The largest absolute Gasteiger partial charge is 0.382 e. The van der Waals surface area contributed by atoms with Gasteiger partial charge in [0.05, 0.1) is 16.9 Å². The Morgan fingerprint density at radius 1 is 1.46 bits per heavy atom. The van der Waals surface area contributed by atoms with Crippen LogP contribution < -0.4 is 5.73 Å². The smallest absolute Gasteiger partial charge is 0.146 e. The minimum Gasteiger partial charge on any atom is -0.382 e. The van der Waals surface area contributed by atoms with Gasteiger partial charge in [-0.15, -0.1) is 0 Å². The number of nitrogens with zero attached hydrogens (tertiary/aromatic N) is 2. The summed E-state index contributed by atoms with van der Waals surface area (Å²) in [5.41, 5.74) is 6.85. The van der Waals surface area contributed by atoms with E-state index in [0.717, 1.165) is 10.7 Å². The van der Waals surface area contributed by atoms with E-state index in [0.29, 0.717) is 11.7 Å². The quantitative estimate of drug-likeness (QED) is 0.707. The van der Waals surface area contributed by atoms with Gasteiger partial charge >= 0.3 is 0 Å². The van der Waals surface area contributed by atoms with Gasteiger partial charge in [-0.1, -0.05) is 0 Å². The zero-order valence-corrected chi connectivity index (χ0v) is 8.88. The Kier molecular flexibility index (Phi) is 2.15. The van der Waals surface area contributed by atoms with Gasteiger partial charge < -0.3 is 5.73 Å². The molecule has 1 aromatic heterocycles. The lowest BCUT2D eigenvalue weighted by atomic mass is 10.3. The zero-order chi connectivity index (χ0) is 9.42. The van der Waals surface area contributed by atoms with Crippen molar-refractivity contribution in [3.05, 3.63) is 11.9 Å². The van der Waals surface area contributed by atoms with E-state index in [4.69, 9.17) is 5.73 Å². The molecule has 1 heterocycles. The number of hydrogen-bond donors (Lipinski definition) is 2. The molecule has 1 aliphatic carbocycles. The molecule has 2 N–H and O–H groups in total. The molecule has 1 aliphatic rings. The first-order valence-electron chi connectivity index (χ1n) is 4.48. The first-order valence-corrected chi connectivity index (χ1v) is 6.72. The summed E-state index contributed by atoms with van der Waals surface area (Å²) in [7, 11) is -0.177. The van der Waals surface area contributed by atoms with Gasteiger partial charge in [0.15, 0.2) is 0 Å². The monoisotopic (exact) mass is 197 g/mol. The Morgan fingerprint density at radius 2 is 2.15 bits per heavy atom. The van der Waals surface area contributed by atoms with Crippen LogP contribution in [0, 0.1) is 0 Å². The molecule has 0 saturated heterocycles. The predicted molar refractivity (Wildman–Crippen MR) is 57.5 cm³/mol. The van der Waals surface area contributed by atoms with Crippen LogP contribution in [0.4, 0.5) is 5.82 Å². The third-order valence-electron chi connectivity index (χ3n) is 2.24. The van der Waals surface area contributed by atoms with Crippen LogP contribution in [0.3, 0.4) is 0 Å². The van der Waals surface area contributed by atoms with E-state index in [1.165, 1.54) is 12.8 Å². The number of aromatic nitrogens is 2. The maximum Gasteiger partial charge on any atom is 0.146 e. The lowest BCUT2D eigenvalue weighted by Crippen LogP contribution is -2.01. The molecular formula is C9H15N3S. The normalized spacial score (nSPS) is 17.2. The van der Waals surface area contributed by atoms with Crippen LogP contribution in [0.25, 0.3) is 0 Å². The van der Waals surface area contributed by atoms with Crippen molar-refractivity contribution in [3.8, 4) is 0 Å². The standard InChI is InChI=1S/C9H15N3S/c1-13(2)7-5-11-8(6-3-4-6)9(10)12-7/h5-6,13H,3-4H2,1-2H3,(H2,10,12). The van der Waals surface area contributed by atoms with Gasteiger partial charge in [0, 0.05) is 5.92 Å². The predicted octanol–water partition coefficient (Wildman–Crippen LogP) is 1.56. The van der Waals surface area contributed by atoms with Gasteiger partial charge in [-0.3, -0.25) is 4.98 Å². The summed E-state index contributed by atoms with van der Waals surface area (Å²) < 4.78 is 0. The summed E-state index contributed by atoms with van der Waals surface area (Å²) in [6.07, 6.45) is 8.66. The van der Waals surface area contributed by atoms with Crippen LogP contribution >= 0.6 is 10.9 Å². The number of anilines is 1. The van der Waals surface area contributed by atoms with Crippen molar-refractivity contribution < 1.29 is 0 Å². The molecular weight excluding hydrogens is 182 g/mol. The fraction of sp³-hybridized carbons (Fsp3) is 0.556. The molecule has 0 radical (unpaired) electrons. The fourth-order valence-corrected chi connectivity index (χ4v) is 1.89. The Bertz CT molecular complexity index is 321. The maximum atomic E-state index is 5.84. The molecule has 1 aromatic rings. The first kappa shape index (κ1) is 8.81. The van der Waals surface area contributed by atoms with Gasteiger partial charge in [0.25, 0.3) is 0 Å². The highest BCUT2D eigenvalue weighted by atomic mass is 32.2. The zero-order valence-electron chi connectivity index (χ0n) is 7.99. The van der Waals surface area contributed by atoms with Gasteiger partial charge in [-0.25, -0.2) is 15.9 Å². The molecule has 2 rings (SSSR count). The summed E-state index contributed by atoms with van der Waals surface area (Å²) in [6.45, 7) is 0. The number of nitrogens with two attached hydrogens (primary N) is 1. The summed E-state index contributed by atoms with van der Waals surface area (Å²) in [4.78, 5) is 8.77. The number of thiol groups is 1. The van der Waals surface area contributed by atoms with Crippen molar-refractivity contribution in [2.75, 3.05) is 18.2 Å². The first-order chi connectivity index (χ1) is 6.18. The van der Waals surface area contributed by atoms with Crippen LogP contribution in [0.15, 0.2) is 11.2 Å². The SMILES string of the molecule is C[SH](C)c1cnc(C2CC2)c(N)n1. The van der Waals surface area contributed by atoms with Crippen LogP contribution in [0.2, 0.25) is 0 Å². The van der Waals surface area contributed by atoms with Crippen molar-refractivity contribution in [3.63, 3.8) is 0 Å². The number of nitrogen functional groups attached to an aromatic ring is 1. The van der Waals surface area contributed by atoms with Gasteiger partial charge in [0.1, 0.15) is 5.82 Å². The maximum absolute atomic E-state index is 5.84. The van der Waals surface area contributed by atoms with Crippen molar-refractivity contribution in [2.24, 2.45) is 0 Å². The van der Waals surface area contributed by atoms with E-state index in [-0.39, 0.29) is 10.9 Å². The molecule has 0 bridgehead atoms. The Balaban J connectivity index is 2.31. The van der Waals surface area contributed by atoms with E-state index in [2.05, 4.69) is 22.5 Å². The van der Waals surface area contributed by atoms with Crippen molar-refractivity contribution in [1.82, 2.24) is 9.97 Å². The van der Waals surface area contributed by atoms with Crippen LogP contribution in [-0.2, 0) is 0 Å². The Hall–Kier alpha value is -0.770. The average molecular weight is 197 g/mol. The Morgan fingerprint density at radius 3 is 2.62 bits per heavy atom. The van der Waals surface area contributed by atoms with E-state index in [1.807, 2.05) is 6.20 Å². The van der Waals surface area contributed by atoms with Crippen molar-refractivity contribution >= 4 is 16.7 Å². The van der Waals surface area contributed by atoms with Gasteiger partial charge in [-0.05, 0) is 25.4 Å².